The van der Waals surface area contributed by atoms with Crippen LogP contribution in [0.5, 0.6) is 5.75 Å². The molecule has 5 rings (SSSR count). The van der Waals surface area contributed by atoms with Gasteiger partial charge in [0.15, 0.2) is 5.82 Å². The molecule has 0 atom stereocenters. The Morgan fingerprint density at radius 2 is 1.58 bits per heavy atom. The molecule has 7 nitrogen and oxygen atoms in total. The molecular weight excluding hydrogens is 537 g/mol. The molecule has 224 valence electrons. The average molecular weight is 580 g/mol. The monoisotopic (exact) mass is 579 g/mol. The van der Waals surface area contributed by atoms with Crippen molar-refractivity contribution in [1.82, 2.24) is 9.97 Å². The summed E-state index contributed by atoms with van der Waals surface area (Å²) in [6.07, 6.45) is 3.88. The Morgan fingerprint density at radius 3 is 2.19 bits per heavy atom. The summed E-state index contributed by atoms with van der Waals surface area (Å²) in [5.74, 6) is 1.41. The Labute approximate surface area is 255 Å². The van der Waals surface area contributed by atoms with Crippen molar-refractivity contribution < 1.29 is 18.8 Å². The number of hydrogen-bond donors (Lipinski definition) is 0. The number of hydrogen-bond acceptors (Lipinski definition) is 6. The van der Waals surface area contributed by atoms with Crippen LogP contribution in [0.2, 0.25) is 0 Å². The Kier molecular flexibility index (Phi) is 8.14. The Morgan fingerprint density at radius 1 is 0.930 bits per heavy atom. The van der Waals surface area contributed by atoms with Crippen LogP contribution in [0.4, 0.5) is 5.82 Å². The second-order valence-electron chi connectivity index (χ2n) is 13.7. The number of ether oxygens (including phenoxy) is 1. The van der Waals surface area contributed by atoms with E-state index in [0.717, 1.165) is 38.9 Å². The minimum atomic E-state index is -0.523. The van der Waals surface area contributed by atoms with Crippen LogP contribution in [-0.4, -0.2) is 41.3 Å². The molecule has 1 aliphatic heterocycles. The molecule has 8 heteroatoms. The first-order valence-corrected chi connectivity index (χ1v) is 14.8. The van der Waals surface area contributed by atoms with E-state index < -0.39 is 18.3 Å². The van der Waals surface area contributed by atoms with Crippen molar-refractivity contribution in [3.05, 3.63) is 78.1 Å². The fraction of sp³-hybridized carbons (Fsp3) is 0.400. The fourth-order valence-corrected chi connectivity index (χ4v) is 5.24. The van der Waals surface area contributed by atoms with Crippen LogP contribution in [0, 0.1) is 12.3 Å². The number of aromatic nitrogens is 2. The number of pyridine rings is 2. The van der Waals surface area contributed by atoms with Gasteiger partial charge in [-0.3, -0.25) is 14.7 Å². The van der Waals surface area contributed by atoms with Gasteiger partial charge in [-0.15, -0.1) is 0 Å². The summed E-state index contributed by atoms with van der Waals surface area (Å²) in [5, 5.41) is 0.871. The van der Waals surface area contributed by atoms with Crippen molar-refractivity contribution in [3.8, 4) is 16.9 Å². The zero-order valence-corrected chi connectivity index (χ0v) is 26.8. The lowest BCUT2D eigenvalue weighted by Crippen LogP contribution is -2.41. The first kappa shape index (κ1) is 30.7. The largest absolute Gasteiger partial charge is 0.496 e. The van der Waals surface area contributed by atoms with Gasteiger partial charge in [-0.1, -0.05) is 57.2 Å². The van der Waals surface area contributed by atoms with Crippen molar-refractivity contribution in [2.45, 2.75) is 79.6 Å². The lowest BCUT2D eigenvalue weighted by molar-refractivity contribution is -0.120. The van der Waals surface area contributed by atoms with Gasteiger partial charge in [0.05, 0.1) is 24.9 Å². The van der Waals surface area contributed by atoms with E-state index in [4.69, 9.17) is 19.0 Å². The number of rotatable bonds is 7. The van der Waals surface area contributed by atoms with Gasteiger partial charge < -0.3 is 14.0 Å². The number of nitrogens with zero attached hydrogens (tertiary/aromatic N) is 3. The number of methoxy groups -OCH3 is 1. The van der Waals surface area contributed by atoms with Gasteiger partial charge in [-0.05, 0) is 80.5 Å². The molecular formula is C35H42BN3O4. The molecule has 4 aromatic rings. The number of benzene rings is 2. The first-order valence-electron chi connectivity index (χ1n) is 14.8. The van der Waals surface area contributed by atoms with E-state index in [0.29, 0.717) is 24.3 Å². The first-order chi connectivity index (χ1) is 20.2. The van der Waals surface area contributed by atoms with E-state index in [2.05, 4.69) is 62.2 Å². The zero-order valence-electron chi connectivity index (χ0n) is 26.8. The summed E-state index contributed by atoms with van der Waals surface area (Å²) in [5.41, 5.74) is 4.71. The zero-order chi connectivity index (χ0) is 31.2. The Balaban J connectivity index is 1.47. The number of carbonyl (C=O) groups is 1. The molecule has 2 aromatic heterocycles. The molecule has 1 saturated heterocycles. The minimum absolute atomic E-state index is 0.000749. The maximum atomic E-state index is 13.8. The summed E-state index contributed by atoms with van der Waals surface area (Å²) >= 11 is 0. The maximum absolute atomic E-state index is 13.8. The molecule has 0 saturated carbocycles. The molecule has 43 heavy (non-hydrogen) atoms. The van der Waals surface area contributed by atoms with Crippen LogP contribution < -0.4 is 15.1 Å². The predicted octanol–water partition coefficient (Wildman–Crippen LogP) is 6.88. The number of amides is 1. The van der Waals surface area contributed by atoms with Crippen molar-refractivity contribution in [1.29, 1.82) is 0 Å². The summed E-state index contributed by atoms with van der Waals surface area (Å²) in [4.78, 5) is 25.1. The van der Waals surface area contributed by atoms with Crippen LogP contribution in [0.25, 0.3) is 22.0 Å². The SMILES string of the molecule is COc1ccc(-c2ccc(CN(C(=O)CC(C)(C)C)c3nccc4cc(B5OC(C)(C)C(C)(C)O5)cnc34)cc2)cc1C. The number of aryl methyl sites for hydroxylation is 1. The number of carbonyl (C=O) groups excluding carboxylic acids is 1. The van der Waals surface area contributed by atoms with Gasteiger partial charge in [0.25, 0.3) is 0 Å². The van der Waals surface area contributed by atoms with E-state index >= 15 is 0 Å². The molecule has 2 aromatic carbocycles. The highest BCUT2D eigenvalue weighted by atomic mass is 16.7. The Bertz CT molecular complexity index is 1630. The van der Waals surface area contributed by atoms with Gasteiger partial charge >= 0.3 is 7.12 Å². The molecule has 0 aliphatic carbocycles. The van der Waals surface area contributed by atoms with Gasteiger partial charge in [0.2, 0.25) is 5.91 Å². The molecule has 0 spiro atoms. The van der Waals surface area contributed by atoms with Crippen LogP contribution in [0.1, 0.15) is 66.0 Å². The van der Waals surface area contributed by atoms with Crippen LogP contribution in [-0.2, 0) is 20.6 Å². The quantitative estimate of drug-likeness (QED) is 0.222. The van der Waals surface area contributed by atoms with Crippen LogP contribution in [0.15, 0.2) is 67.0 Å². The highest BCUT2D eigenvalue weighted by Gasteiger charge is 2.51. The molecule has 0 radical (unpaired) electrons. The van der Waals surface area contributed by atoms with E-state index in [1.165, 1.54) is 0 Å². The summed E-state index contributed by atoms with van der Waals surface area (Å²) in [6.45, 7) is 16.8. The normalized spacial score (nSPS) is 16.0. The summed E-state index contributed by atoms with van der Waals surface area (Å²) in [6, 6.07) is 18.4. The standard InChI is InChI=1S/C35H42BN3O4/c1-23-18-26(14-15-29(23)41-9)25-12-10-24(11-13-25)22-39(30(40)20-33(2,3)4)32-31-27(16-17-37-32)19-28(21-38-31)36-42-34(5,6)35(7,8)43-36/h10-19,21H,20,22H2,1-9H3. The average Bonchev–Trinajstić information content (AvgIpc) is 3.16. The van der Waals surface area contributed by atoms with E-state index in [1.54, 1.807) is 24.4 Å². The lowest BCUT2D eigenvalue weighted by Gasteiger charge is -2.32. The lowest BCUT2D eigenvalue weighted by atomic mass is 9.80. The van der Waals surface area contributed by atoms with Gasteiger partial charge in [-0.25, -0.2) is 4.98 Å². The molecule has 0 N–H and O–H groups in total. The van der Waals surface area contributed by atoms with Crippen molar-refractivity contribution >= 4 is 35.2 Å². The summed E-state index contributed by atoms with van der Waals surface area (Å²) in [7, 11) is 1.16. The molecule has 1 fully saturated rings. The highest BCUT2D eigenvalue weighted by molar-refractivity contribution is 6.62. The third-order valence-corrected chi connectivity index (χ3v) is 8.39. The molecule has 1 amide bonds. The summed E-state index contributed by atoms with van der Waals surface area (Å²) < 4.78 is 17.9. The third-order valence-electron chi connectivity index (χ3n) is 8.39. The molecule has 0 bridgehead atoms. The predicted molar refractivity (Wildman–Crippen MR) is 174 cm³/mol. The second-order valence-corrected chi connectivity index (χ2v) is 13.7. The van der Waals surface area contributed by atoms with Gasteiger partial charge in [-0.2, -0.15) is 0 Å². The van der Waals surface area contributed by atoms with Gasteiger partial charge in [0.1, 0.15) is 11.3 Å². The third kappa shape index (κ3) is 6.46. The topological polar surface area (TPSA) is 73.8 Å². The Hall–Kier alpha value is -3.75. The van der Waals surface area contributed by atoms with E-state index in [-0.39, 0.29) is 11.3 Å². The minimum Gasteiger partial charge on any atom is -0.496 e. The van der Waals surface area contributed by atoms with Gasteiger partial charge in [0, 0.05) is 29.7 Å². The molecule has 3 heterocycles. The molecule has 1 aliphatic rings. The van der Waals surface area contributed by atoms with E-state index in [1.807, 2.05) is 52.8 Å². The smallest absolute Gasteiger partial charge is 0.496 e. The second kappa shape index (κ2) is 11.4. The highest BCUT2D eigenvalue weighted by Crippen LogP contribution is 2.37. The van der Waals surface area contributed by atoms with Crippen molar-refractivity contribution in [3.63, 3.8) is 0 Å². The number of fused-ring (bicyclic) bond motifs is 1. The van der Waals surface area contributed by atoms with Crippen molar-refractivity contribution in [2.24, 2.45) is 5.41 Å². The molecule has 0 unspecified atom stereocenters. The van der Waals surface area contributed by atoms with Crippen LogP contribution >= 0.6 is 0 Å². The van der Waals surface area contributed by atoms with E-state index in [9.17, 15) is 4.79 Å². The number of anilines is 1. The van der Waals surface area contributed by atoms with Crippen LogP contribution in [0.3, 0.4) is 0 Å². The maximum Gasteiger partial charge on any atom is 0.496 e. The fourth-order valence-electron chi connectivity index (χ4n) is 5.24. The van der Waals surface area contributed by atoms with Crippen molar-refractivity contribution in [2.75, 3.05) is 12.0 Å².